The first-order chi connectivity index (χ1) is 7.74. The minimum Gasteiger partial charge on any atom is -0.476 e. The molecule has 0 spiro atoms. The number of rotatable bonds is 3. The van der Waals surface area contributed by atoms with Gasteiger partial charge in [-0.1, -0.05) is 5.21 Å². The Hall–Kier alpha value is -1.47. The molecule has 2 heterocycles. The van der Waals surface area contributed by atoms with Crippen molar-refractivity contribution in [3.63, 3.8) is 0 Å². The SMILES string of the molecule is NCc1nnn(C2CCNCC2)c1C(=O)O. The number of carboxylic acids is 1. The Labute approximate surface area is 92.6 Å². The number of hydrogen-bond donors (Lipinski definition) is 3. The lowest BCUT2D eigenvalue weighted by Gasteiger charge is -2.23. The van der Waals surface area contributed by atoms with E-state index in [4.69, 9.17) is 10.8 Å². The standard InChI is InChI=1S/C9H15N5O2/c10-5-7-8(9(15)16)14(13-12-7)6-1-3-11-4-2-6/h6,11H,1-5,10H2,(H,15,16). The third kappa shape index (κ3) is 1.91. The van der Waals surface area contributed by atoms with Gasteiger partial charge in [0.2, 0.25) is 0 Å². The molecule has 0 unspecified atom stereocenters. The largest absolute Gasteiger partial charge is 0.476 e. The van der Waals surface area contributed by atoms with Gasteiger partial charge in [-0.2, -0.15) is 0 Å². The molecular formula is C9H15N5O2. The third-order valence-corrected chi connectivity index (χ3v) is 2.81. The highest BCUT2D eigenvalue weighted by atomic mass is 16.4. The maximum absolute atomic E-state index is 11.1. The summed E-state index contributed by atoms with van der Waals surface area (Å²) < 4.78 is 1.51. The molecule has 1 aromatic heterocycles. The summed E-state index contributed by atoms with van der Waals surface area (Å²) in [6.07, 6.45) is 1.74. The molecule has 7 nitrogen and oxygen atoms in total. The number of nitrogens with one attached hydrogen (secondary N) is 1. The Bertz CT molecular complexity index is 383. The number of nitrogens with zero attached hydrogens (tertiary/aromatic N) is 3. The van der Waals surface area contributed by atoms with E-state index in [2.05, 4.69) is 15.6 Å². The summed E-state index contributed by atoms with van der Waals surface area (Å²) in [6.45, 7) is 1.86. The lowest BCUT2D eigenvalue weighted by Crippen LogP contribution is -2.31. The fourth-order valence-electron chi connectivity index (χ4n) is 1.99. The van der Waals surface area contributed by atoms with Crippen LogP contribution in [0.2, 0.25) is 0 Å². The van der Waals surface area contributed by atoms with Gasteiger partial charge in [-0.25, -0.2) is 9.48 Å². The first-order valence-electron chi connectivity index (χ1n) is 5.32. The fourth-order valence-corrected chi connectivity index (χ4v) is 1.99. The maximum Gasteiger partial charge on any atom is 0.356 e. The molecule has 1 saturated heterocycles. The summed E-state index contributed by atoms with van der Waals surface area (Å²) >= 11 is 0. The van der Waals surface area contributed by atoms with Crippen molar-refractivity contribution in [2.75, 3.05) is 13.1 Å². The lowest BCUT2D eigenvalue weighted by atomic mass is 10.1. The summed E-state index contributed by atoms with van der Waals surface area (Å²) in [5.74, 6) is -1.01. The Morgan fingerprint density at radius 3 is 2.81 bits per heavy atom. The molecule has 0 radical (unpaired) electrons. The van der Waals surface area contributed by atoms with Crippen molar-refractivity contribution in [2.45, 2.75) is 25.4 Å². The molecule has 0 aliphatic carbocycles. The molecule has 0 saturated carbocycles. The summed E-state index contributed by atoms with van der Waals surface area (Å²) in [7, 11) is 0. The first-order valence-corrected chi connectivity index (χ1v) is 5.32. The lowest BCUT2D eigenvalue weighted by molar-refractivity contribution is 0.0677. The zero-order valence-electron chi connectivity index (χ0n) is 8.89. The zero-order chi connectivity index (χ0) is 11.5. The molecule has 0 atom stereocenters. The van der Waals surface area contributed by atoms with Gasteiger partial charge in [-0.05, 0) is 25.9 Å². The van der Waals surface area contributed by atoms with E-state index in [1.165, 1.54) is 4.68 Å². The third-order valence-electron chi connectivity index (χ3n) is 2.81. The quantitative estimate of drug-likeness (QED) is 0.631. The molecule has 4 N–H and O–H groups in total. The molecule has 1 aliphatic rings. The van der Waals surface area contributed by atoms with Crippen LogP contribution in [0.1, 0.15) is 35.1 Å². The Kier molecular flexibility index (Phi) is 3.16. The van der Waals surface area contributed by atoms with Crippen molar-refractivity contribution < 1.29 is 9.90 Å². The van der Waals surface area contributed by atoms with Gasteiger partial charge in [-0.3, -0.25) is 0 Å². The van der Waals surface area contributed by atoms with Crippen LogP contribution in [0.25, 0.3) is 0 Å². The molecule has 88 valence electrons. The maximum atomic E-state index is 11.1. The van der Waals surface area contributed by atoms with Crippen LogP contribution in [0.3, 0.4) is 0 Å². The molecule has 1 aliphatic heterocycles. The van der Waals surface area contributed by atoms with Crippen LogP contribution < -0.4 is 11.1 Å². The van der Waals surface area contributed by atoms with Crippen molar-refractivity contribution in [1.29, 1.82) is 0 Å². The Morgan fingerprint density at radius 1 is 1.56 bits per heavy atom. The van der Waals surface area contributed by atoms with E-state index in [9.17, 15) is 4.79 Å². The summed E-state index contributed by atoms with van der Waals surface area (Å²) in [4.78, 5) is 11.1. The highest BCUT2D eigenvalue weighted by molar-refractivity contribution is 5.86. The minimum atomic E-state index is -1.01. The van der Waals surface area contributed by atoms with Crippen LogP contribution in [0.15, 0.2) is 0 Å². The van der Waals surface area contributed by atoms with Gasteiger partial charge in [0.05, 0.1) is 6.04 Å². The smallest absolute Gasteiger partial charge is 0.356 e. The molecule has 16 heavy (non-hydrogen) atoms. The molecule has 0 amide bonds. The molecule has 7 heteroatoms. The van der Waals surface area contributed by atoms with E-state index < -0.39 is 5.97 Å². The predicted molar refractivity (Wildman–Crippen MR) is 56.0 cm³/mol. The van der Waals surface area contributed by atoms with Crippen LogP contribution >= 0.6 is 0 Å². The van der Waals surface area contributed by atoms with Gasteiger partial charge >= 0.3 is 5.97 Å². The van der Waals surface area contributed by atoms with Gasteiger partial charge in [-0.15, -0.1) is 5.10 Å². The van der Waals surface area contributed by atoms with Crippen LogP contribution in [-0.2, 0) is 6.54 Å². The normalized spacial score (nSPS) is 17.6. The molecule has 1 fully saturated rings. The average molecular weight is 225 g/mol. The van der Waals surface area contributed by atoms with Crippen molar-refractivity contribution in [3.8, 4) is 0 Å². The minimum absolute atomic E-state index is 0.104. The van der Waals surface area contributed by atoms with Gasteiger partial charge in [0.1, 0.15) is 5.69 Å². The second-order valence-corrected chi connectivity index (χ2v) is 3.82. The zero-order valence-corrected chi connectivity index (χ0v) is 8.89. The number of piperidine rings is 1. The average Bonchev–Trinajstić information content (AvgIpc) is 2.73. The van der Waals surface area contributed by atoms with E-state index in [1.807, 2.05) is 0 Å². The number of carbonyl (C=O) groups is 1. The summed E-state index contributed by atoms with van der Waals surface area (Å²) in [5.41, 5.74) is 5.93. The number of carboxylic acid groups (broad SMARTS) is 1. The number of nitrogens with two attached hydrogens (primary N) is 1. The van der Waals surface area contributed by atoms with E-state index in [-0.39, 0.29) is 18.3 Å². The molecule has 0 bridgehead atoms. The Balaban J connectivity index is 2.32. The van der Waals surface area contributed by atoms with Crippen LogP contribution in [0, 0.1) is 0 Å². The van der Waals surface area contributed by atoms with Crippen LogP contribution in [0.4, 0.5) is 0 Å². The molecular weight excluding hydrogens is 210 g/mol. The van der Waals surface area contributed by atoms with Crippen molar-refractivity contribution in [1.82, 2.24) is 20.3 Å². The second-order valence-electron chi connectivity index (χ2n) is 3.82. The topological polar surface area (TPSA) is 106 Å². The highest BCUT2D eigenvalue weighted by Crippen LogP contribution is 2.20. The molecule has 1 aromatic rings. The summed E-state index contributed by atoms with van der Waals surface area (Å²) in [5, 5.41) is 20.1. The van der Waals surface area contributed by atoms with E-state index in [0.717, 1.165) is 25.9 Å². The van der Waals surface area contributed by atoms with Gasteiger partial charge in [0, 0.05) is 6.54 Å². The summed E-state index contributed by atoms with van der Waals surface area (Å²) in [6, 6.07) is 0.111. The van der Waals surface area contributed by atoms with Gasteiger partial charge in [0.15, 0.2) is 5.69 Å². The van der Waals surface area contributed by atoms with Crippen molar-refractivity contribution in [3.05, 3.63) is 11.4 Å². The van der Waals surface area contributed by atoms with E-state index >= 15 is 0 Å². The van der Waals surface area contributed by atoms with Crippen LogP contribution in [-0.4, -0.2) is 39.2 Å². The Morgan fingerprint density at radius 2 is 2.25 bits per heavy atom. The van der Waals surface area contributed by atoms with E-state index in [0.29, 0.717) is 5.69 Å². The first kappa shape index (κ1) is 11.0. The van der Waals surface area contributed by atoms with Gasteiger partial charge in [0.25, 0.3) is 0 Å². The van der Waals surface area contributed by atoms with E-state index in [1.54, 1.807) is 0 Å². The van der Waals surface area contributed by atoms with Gasteiger partial charge < -0.3 is 16.2 Å². The predicted octanol–water partition coefficient (Wildman–Crippen LogP) is -0.640. The molecule has 0 aromatic carbocycles. The highest BCUT2D eigenvalue weighted by Gasteiger charge is 2.25. The van der Waals surface area contributed by atoms with Crippen molar-refractivity contribution >= 4 is 5.97 Å². The monoisotopic (exact) mass is 225 g/mol. The molecule has 2 rings (SSSR count). The van der Waals surface area contributed by atoms with Crippen molar-refractivity contribution in [2.24, 2.45) is 5.73 Å². The number of hydrogen-bond acceptors (Lipinski definition) is 5. The number of aromatic carboxylic acids is 1. The second kappa shape index (κ2) is 4.58. The fraction of sp³-hybridized carbons (Fsp3) is 0.667. The van der Waals surface area contributed by atoms with Crippen LogP contribution in [0.5, 0.6) is 0 Å². The number of aromatic nitrogens is 3.